The molecule has 2 heterocycles. The Bertz CT molecular complexity index is 375. The number of ketones is 1. The van der Waals surface area contributed by atoms with Gasteiger partial charge in [0.05, 0.1) is 0 Å². The van der Waals surface area contributed by atoms with Crippen LogP contribution in [0.3, 0.4) is 0 Å². The van der Waals surface area contributed by atoms with E-state index < -0.39 is 0 Å². The second-order valence-electron chi connectivity index (χ2n) is 3.39. The molecule has 86 valence electrons. The van der Waals surface area contributed by atoms with Crippen molar-refractivity contribution in [1.82, 2.24) is 9.97 Å². The minimum absolute atomic E-state index is 0.208. The highest BCUT2D eigenvalue weighted by Gasteiger charge is 2.21. The summed E-state index contributed by atoms with van der Waals surface area (Å²) in [7, 11) is 0. The molecular weight excluding hydrogens is 212 g/mol. The topological polar surface area (TPSA) is 90.6 Å². The summed E-state index contributed by atoms with van der Waals surface area (Å²) in [5.74, 6) is 5.83. The van der Waals surface area contributed by atoms with Crippen LogP contribution in [0.2, 0.25) is 0 Å². The van der Waals surface area contributed by atoms with Gasteiger partial charge in [-0.05, 0) is 0 Å². The molecule has 0 spiro atoms. The van der Waals surface area contributed by atoms with Crippen LogP contribution in [-0.4, -0.2) is 28.8 Å². The Labute approximate surface area is 92.1 Å². The number of nitrogens with two attached hydrogens (primary N) is 1. The Balaban J connectivity index is 2.16. The SMILES string of the molecule is NOOc1nccnc1N1CCC(=O)CC1. The first-order valence-electron chi connectivity index (χ1n) is 4.92. The highest BCUT2D eigenvalue weighted by Crippen LogP contribution is 2.24. The van der Waals surface area contributed by atoms with Gasteiger partial charge in [0.25, 0.3) is 0 Å². The first-order chi connectivity index (χ1) is 7.81. The van der Waals surface area contributed by atoms with Crippen LogP contribution in [0.1, 0.15) is 12.8 Å². The van der Waals surface area contributed by atoms with Gasteiger partial charge < -0.3 is 4.90 Å². The summed E-state index contributed by atoms with van der Waals surface area (Å²) in [5.41, 5.74) is 0. The third-order valence-electron chi connectivity index (χ3n) is 2.39. The average molecular weight is 224 g/mol. The molecule has 1 aromatic rings. The molecule has 1 aliphatic rings. The maximum atomic E-state index is 11.1. The fraction of sp³-hybridized carbons (Fsp3) is 0.444. The van der Waals surface area contributed by atoms with E-state index in [1.54, 1.807) is 6.20 Å². The fourth-order valence-corrected chi connectivity index (χ4v) is 1.61. The van der Waals surface area contributed by atoms with Gasteiger partial charge in [-0.25, -0.2) is 9.97 Å². The Morgan fingerprint density at radius 1 is 1.25 bits per heavy atom. The number of aromatic nitrogens is 2. The zero-order chi connectivity index (χ0) is 11.4. The number of Topliss-reactive ketones (excluding diaryl/α,β-unsaturated/α-hetero) is 1. The Hall–Kier alpha value is -1.73. The summed E-state index contributed by atoms with van der Waals surface area (Å²) in [6.07, 6.45) is 4.06. The minimum Gasteiger partial charge on any atom is -0.351 e. The molecule has 0 aromatic carbocycles. The highest BCUT2D eigenvalue weighted by molar-refractivity contribution is 5.81. The summed E-state index contributed by atoms with van der Waals surface area (Å²) in [6.45, 7) is 1.22. The molecule has 0 amide bonds. The van der Waals surface area contributed by atoms with Crippen molar-refractivity contribution >= 4 is 11.6 Å². The lowest BCUT2D eigenvalue weighted by atomic mass is 10.1. The van der Waals surface area contributed by atoms with Crippen molar-refractivity contribution < 1.29 is 14.7 Å². The van der Waals surface area contributed by atoms with Gasteiger partial charge in [-0.3, -0.25) is 9.68 Å². The highest BCUT2D eigenvalue weighted by atomic mass is 17.3. The fourth-order valence-electron chi connectivity index (χ4n) is 1.61. The van der Waals surface area contributed by atoms with Crippen LogP contribution < -0.4 is 15.7 Å². The smallest absolute Gasteiger partial charge is 0.301 e. The molecule has 0 unspecified atom stereocenters. The van der Waals surface area contributed by atoms with Crippen molar-refractivity contribution in [2.24, 2.45) is 5.90 Å². The predicted molar refractivity (Wildman–Crippen MR) is 54.4 cm³/mol. The van der Waals surface area contributed by atoms with E-state index in [1.165, 1.54) is 6.20 Å². The van der Waals surface area contributed by atoms with Gasteiger partial charge in [-0.2, -0.15) is 5.90 Å². The number of anilines is 1. The molecule has 7 nitrogen and oxygen atoms in total. The van der Waals surface area contributed by atoms with Gasteiger partial charge in [0.1, 0.15) is 5.78 Å². The van der Waals surface area contributed by atoms with Crippen LogP contribution in [0.25, 0.3) is 0 Å². The second-order valence-corrected chi connectivity index (χ2v) is 3.39. The van der Waals surface area contributed by atoms with Crippen LogP contribution in [0.15, 0.2) is 12.4 Å². The lowest BCUT2D eigenvalue weighted by Crippen LogP contribution is -2.34. The third-order valence-corrected chi connectivity index (χ3v) is 2.39. The number of piperidine rings is 1. The molecule has 1 saturated heterocycles. The number of nitrogens with zero attached hydrogens (tertiary/aromatic N) is 3. The van der Waals surface area contributed by atoms with Crippen molar-refractivity contribution in [3.8, 4) is 5.88 Å². The maximum absolute atomic E-state index is 11.1. The zero-order valence-electron chi connectivity index (χ0n) is 8.63. The lowest BCUT2D eigenvalue weighted by Gasteiger charge is -2.27. The van der Waals surface area contributed by atoms with Crippen molar-refractivity contribution in [2.45, 2.75) is 12.8 Å². The zero-order valence-corrected chi connectivity index (χ0v) is 8.63. The number of carbonyl (C=O) groups excluding carboxylic acids is 1. The number of rotatable bonds is 3. The maximum Gasteiger partial charge on any atom is 0.301 e. The van der Waals surface area contributed by atoms with Crippen molar-refractivity contribution in [1.29, 1.82) is 0 Å². The van der Waals surface area contributed by atoms with Crippen LogP contribution in [0.4, 0.5) is 5.82 Å². The van der Waals surface area contributed by atoms with E-state index in [9.17, 15) is 4.79 Å². The molecule has 7 heteroatoms. The Kier molecular flexibility index (Phi) is 3.28. The molecule has 2 rings (SSSR count). The molecule has 0 bridgehead atoms. The molecular formula is C9H12N4O3. The summed E-state index contributed by atoms with van der Waals surface area (Å²) >= 11 is 0. The molecule has 1 aromatic heterocycles. The summed E-state index contributed by atoms with van der Waals surface area (Å²) in [4.78, 5) is 29.9. The van der Waals surface area contributed by atoms with E-state index in [0.29, 0.717) is 31.7 Å². The number of hydrogen-bond acceptors (Lipinski definition) is 7. The van der Waals surface area contributed by atoms with Gasteiger partial charge in [-0.15, -0.1) is 0 Å². The molecule has 0 atom stereocenters. The lowest BCUT2D eigenvalue weighted by molar-refractivity contribution is -0.214. The predicted octanol–water partition coefficient (Wildman–Crippen LogP) is -0.170. The monoisotopic (exact) mass is 224 g/mol. The van der Waals surface area contributed by atoms with Crippen molar-refractivity contribution in [2.75, 3.05) is 18.0 Å². The molecule has 1 fully saturated rings. The van der Waals surface area contributed by atoms with E-state index >= 15 is 0 Å². The molecule has 1 aliphatic heterocycles. The van der Waals surface area contributed by atoms with Crippen LogP contribution in [0, 0.1) is 0 Å². The van der Waals surface area contributed by atoms with Crippen LogP contribution in [-0.2, 0) is 9.78 Å². The van der Waals surface area contributed by atoms with E-state index in [0.717, 1.165) is 0 Å². The van der Waals surface area contributed by atoms with Gasteiger partial charge in [0, 0.05) is 38.3 Å². The van der Waals surface area contributed by atoms with Gasteiger partial charge in [0.15, 0.2) is 5.82 Å². The summed E-state index contributed by atoms with van der Waals surface area (Å²) < 4.78 is 0. The average Bonchev–Trinajstić information content (AvgIpc) is 2.32. The second kappa shape index (κ2) is 4.86. The first-order valence-corrected chi connectivity index (χ1v) is 4.92. The number of carbonyl (C=O) groups is 1. The van der Waals surface area contributed by atoms with Gasteiger partial charge in [0.2, 0.25) is 0 Å². The van der Waals surface area contributed by atoms with Crippen molar-refractivity contribution in [3.05, 3.63) is 12.4 Å². The van der Waals surface area contributed by atoms with Crippen LogP contribution >= 0.6 is 0 Å². The van der Waals surface area contributed by atoms with Gasteiger partial charge >= 0.3 is 5.88 Å². The normalized spacial score (nSPS) is 16.3. The third kappa shape index (κ3) is 2.26. The van der Waals surface area contributed by atoms with E-state index in [-0.39, 0.29) is 11.7 Å². The van der Waals surface area contributed by atoms with E-state index in [1.807, 2.05) is 4.90 Å². The molecule has 0 radical (unpaired) electrons. The van der Waals surface area contributed by atoms with Gasteiger partial charge in [-0.1, -0.05) is 4.99 Å². The molecule has 0 saturated carbocycles. The largest absolute Gasteiger partial charge is 0.351 e. The van der Waals surface area contributed by atoms with E-state index in [2.05, 4.69) is 15.0 Å². The summed E-state index contributed by atoms with van der Waals surface area (Å²) in [6, 6.07) is 0. The standard InChI is InChI=1S/C9H12N4O3/c10-16-15-9-8(11-3-4-12-9)13-5-1-7(14)2-6-13/h3-4H,1-2,5-6,10H2. The summed E-state index contributed by atoms with van der Waals surface area (Å²) in [5, 5.41) is 0. The molecule has 0 aliphatic carbocycles. The van der Waals surface area contributed by atoms with Crippen LogP contribution in [0.5, 0.6) is 5.88 Å². The molecule has 2 N–H and O–H groups in total. The Morgan fingerprint density at radius 2 is 1.94 bits per heavy atom. The quantitative estimate of drug-likeness (QED) is 0.563. The molecule has 16 heavy (non-hydrogen) atoms. The Morgan fingerprint density at radius 3 is 2.62 bits per heavy atom. The first kappa shape index (κ1) is 10.8. The number of hydrogen-bond donors (Lipinski definition) is 1. The minimum atomic E-state index is 0.208. The van der Waals surface area contributed by atoms with Crippen molar-refractivity contribution in [3.63, 3.8) is 0 Å². The van der Waals surface area contributed by atoms with E-state index in [4.69, 9.17) is 10.8 Å².